The third-order valence-corrected chi connectivity index (χ3v) is 4.94. The number of methoxy groups -OCH3 is 1. The summed E-state index contributed by atoms with van der Waals surface area (Å²) >= 11 is 9.59. The molecule has 0 N–H and O–H groups in total. The first-order chi connectivity index (χ1) is 10.8. The summed E-state index contributed by atoms with van der Waals surface area (Å²) in [5.41, 5.74) is 0.684. The minimum Gasteiger partial charge on any atom is -0.546 e. The van der Waals surface area contributed by atoms with E-state index in [1.807, 2.05) is 0 Å². The number of nitrogens with zero attached hydrogens (tertiary/aromatic N) is 1. The first-order valence-corrected chi connectivity index (χ1v) is 8.27. The smallest absolute Gasteiger partial charge is 0.265 e. The zero-order valence-electron chi connectivity index (χ0n) is 12.1. The lowest BCUT2D eigenvalue weighted by atomic mass is 10.2. The Bertz CT molecular complexity index is 719. The predicted octanol–water partition coefficient (Wildman–Crippen LogP) is 1.42. The van der Waals surface area contributed by atoms with Crippen molar-refractivity contribution < 1.29 is 24.2 Å². The monoisotopic (exact) mass is 416 g/mol. The Morgan fingerprint density at radius 2 is 2.22 bits per heavy atom. The lowest BCUT2D eigenvalue weighted by Crippen LogP contribution is -2.29. The van der Waals surface area contributed by atoms with Crippen molar-refractivity contribution in [3.05, 3.63) is 27.1 Å². The van der Waals surface area contributed by atoms with Crippen LogP contribution in [0.3, 0.4) is 0 Å². The summed E-state index contributed by atoms with van der Waals surface area (Å²) < 4.78 is 11.3. The van der Waals surface area contributed by atoms with Crippen LogP contribution in [0.15, 0.2) is 21.5 Å². The number of halogens is 1. The normalized spacial score (nSPS) is 16.1. The van der Waals surface area contributed by atoms with Crippen LogP contribution in [-0.2, 0) is 9.59 Å². The number of carbonyl (C=O) groups is 2. The van der Waals surface area contributed by atoms with Gasteiger partial charge in [-0.3, -0.25) is 9.69 Å². The number of carboxylic acid groups (broad SMARTS) is 1. The first-order valence-electron chi connectivity index (χ1n) is 6.25. The molecule has 6 nitrogen and oxygen atoms in total. The van der Waals surface area contributed by atoms with Crippen molar-refractivity contribution in [3.8, 4) is 11.5 Å². The molecule has 2 rings (SSSR count). The molecule has 1 heterocycles. The van der Waals surface area contributed by atoms with Crippen molar-refractivity contribution in [2.75, 3.05) is 20.8 Å². The number of thiocarbonyl (C=S) groups is 1. The molecule has 1 aliphatic rings. The molecule has 1 aliphatic heterocycles. The van der Waals surface area contributed by atoms with Crippen LogP contribution in [0.5, 0.6) is 11.5 Å². The molecule has 1 amide bonds. The van der Waals surface area contributed by atoms with Crippen molar-refractivity contribution in [1.82, 2.24) is 4.90 Å². The second kappa shape index (κ2) is 7.33. The highest BCUT2D eigenvalue weighted by atomic mass is 79.9. The summed E-state index contributed by atoms with van der Waals surface area (Å²) in [6.45, 7) is -0.594. The van der Waals surface area contributed by atoms with Gasteiger partial charge in [-0.2, -0.15) is 0 Å². The number of hydrogen-bond acceptors (Lipinski definition) is 7. The van der Waals surface area contributed by atoms with E-state index in [0.717, 1.165) is 0 Å². The summed E-state index contributed by atoms with van der Waals surface area (Å²) in [6.07, 6.45) is 1.68. The van der Waals surface area contributed by atoms with E-state index in [9.17, 15) is 14.7 Å². The number of carbonyl (C=O) groups excluding carboxylic acids is 2. The van der Waals surface area contributed by atoms with E-state index >= 15 is 0 Å². The molecule has 23 heavy (non-hydrogen) atoms. The van der Waals surface area contributed by atoms with Gasteiger partial charge in [0.15, 0.2) is 11.5 Å². The molecule has 1 saturated heterocycles. The SMILES string of the molecule is COc1cc(/C=C2\SC(=S)N(C)C2=O)cc(Br)c1OCC(=O)[O-]. The van der Waals surface area contributed by atoms with Gasteiger partial charge in [0.05, 0.1) is 22.5 Å². The van der Waals surface area contributed by atoms with Gasteiger partial charge in [0.25, 0.3) is 5.91 Å². The molecule has 0 atom stereocenters. The van der Waals surface area contributed by atoms with Gasteiger partial charge in [0, 0.05) is 7.05 Å². The summed E-state index contributed by atoms with van der Waals surface area (Å²) in [5.74, 6) is -0.933. The Hall–Kier alpha value is -1.58. The average molecular weight is 417 g/mol. The van der Waals surface area contributed by atoms with Crippen molar-refractivity contribution in [1.29, 1.82) is 0 Å². The third-order valence-electron chi connectivity index (χ3n) is 2.87. The number of likely N-dealkylation sites (N-methyl/N-ethyl adjacent to an activating group) is 1. The minimum absolute atomic E-state index is 0.174. The molecule has 1 aromatic carbocycles. The number of rotatable bonds is 5. The topological polar surface area (TPSA) is 78.9 Å². The molecule has 1 aromatic rings. The Morgan fingerprint density at radius 1 is 1.52 bits per heavy atom. The molecule has 0 radical (unpaired) electrons. The molecule has 0 aromatic heterocycles. The second-order valence-electron chi connectivity index (χ2n) is 4.44. The summed E-state index contributed by atoms with van der Waals surface area (Å²) in [6, 6.07) is 3.33. The Balaban J connectivity index is 2.35. The van der Waals surface area contributed by atoms with Gasteiger partial charge in [-0.05, 0) is 39.7 Å². The molecule has 0 unspecified atom stereocenters. The predicted molar refractivity (Wildman–Crippen MR) is 92.1 cm³/mol. The van der Waals surface area contributed by atoms with Crippen molar-refractivity contribution in [3.63, 3.8) is 0 Å². The number of ether oxygens (including phenoxy) is 2. The average Bonchev–Trinajstić information content (AvgIpc) is 2.72. The Labute approximate surface area is 150 Å². The van der Waals surface area contributed by atoms with E-state index in [4.69, 9.17) is 21.7 Å². The summed E-state index contributed by atoms with van der Waals surface area (Å²) in [7, 11) is 3.05. The molecule has 0 spiro atoms. The van der Waals surface area contributed by atoms with Crippen LogP contribution in [0.25, 0.3) is 6.08 Å². The highest BCUT2D eigenvalue weighted by molar-refractivity contribution is 9.10. The van der Waals surface area contributed by atoms with E-state index < -0.39 is 12.6 Å². The first kappa shape index (κ1) is 17.8. The molecular weight excluding hydrogens is 406 g/mol. The molecule has 0 saturated carbocycles. The van der Waals surface area contributed by atoms with E-state index in [0.29, 0.717) is 25.0 Å². The van der Waals surface area contributed by atoms with Crippen molar-refractivity contribution in [2.45, 2.75) is 0 Å². The van der Waals surface area contributed by atoms with E-state index in [-0.39, 0.29) is 11.7 Å². The van der Waals surface area contributed by atoms with Gasteiger partial charge in [0.2, 0.25) is 0 Å². The van der Waals surface area contributed by atoms with Crippen molar-refractivity contribution in [2.24, 2.45) is 0 Å². The number of thioether (sulfide) groups is 1. The zero-order chi connectivity index (χ0) is 17.1. The number of amides is 1. The van der Waals surface area contributed by atoms with Gasteiger partial charge in [0.1, 0.15) is 10.9 Å². The highest BCUT2D eigenvalue weighted by Gasteiger charge is 2.28. The van der Waals surface area contributed by atoms with Gasteiger partial charge in [-0.1, -0.05) is 24.0 Å². The molecule has 0 aliphatic carbocycles. The molecule has 1 fully saturated rings. The largest absolute Gasteiger partial charge is 0.546 e. The van der Waals surface area contributed by atoms with Crippen LogP contribution >= 0.6 is 39.9 Å². The Morgan fingerprint density at radius 3 is 2.74 bits per heavy atom. The fourth-order valence-corrected chi connectivity index (χ4v) is 3.54. The molecule has 122 valence electrons. The summed E-state index contributed by atoms with van der Waals surface area (Å²) in [4.78, 5) is 24.4. The van der Waals surface area contributed by atoms with Crippen LogP contribution in [0.1, 0.15) is 5.56 Å². The van der Waals surface area contributed by atoms with Gasteiger partial charge in [-0.15, -0.1) is 0 Å². The van der Waals surface area contributed by atoms with Gasteiger partial charge < -0.3 is 19.4 Å². The fourth-order valence-electron chi connectivity index (χ4n) is 1.79. The maximum atomic E-state index is 12.0. The number of carboxylic acids is 1. The van der Waals surface area contributed by atoms with Gasteiger partial charge >= 0.3 is 0 Å². The van der Waals surface area contributed by atoms with E-state index in [1.165, 1.54) is 23.8 Å². The van der Waals surface area contributed by atoms with Crippen molar-refractivity contribution >= 4 is 62.2 Å². The maximum Gasteiger partial charge on any atom is 0.265 e. The standard InChI is InChI=1S/C14H12BrNO5S2/c1-16-13(19)10(23-14(16)22)5-7-3-8(15)12(9(4-7)20-2)21-6-11(17)18/h3-5H,6H2,1-2H3,(H,17,18)/p-1/b10-5-. The fraction of sp³-hybridized carbons (Fsp3) is 0.214. The van der Waals surface area contributed by atoms with Gasteiger partial charge in [-0.25, -0.2) is 0 Å². The van der Waals surface area contributed by atoms with Crippen LogP contribution in [-0.4, -0.2) is 41.9 Å². The summed E-state index contributed by atoms with van der Waals surface area (Å²) in [5, 5.41) is 10.5. The lowest BCUT2D eigenvalue weighted by molar-refractivity contribution is -0.307. The molecule has 0 bridgehead atoms. The maximum absolute atomic E-state index is 12.0. The second-order valence-corrected chi connectivity index (χ2v) is 6.97. The minimum atomic E-state index is -1.34. The zero-order valence-corrected chi connectivity index (χ0v) is 15.3. The third kappa shape index (κ3) is 4.04. The van der Waals surface area contributed by atoms with Crippen LogP contribution in [0, 0.1) is 0 Å². The number of hydrogen-bond donors (Lipinski definition) is 0. The molecular formula is C14H11BrNO5S2-. The number of aliphatic carboxylic acids is 1. The van der Waals surface area contributed by atoms with Crippen LogP contribution < -0.4 is 14.6 Å². The van der Waals surface area contributed by atoms with Crippen LogP contribution in [0.2, 0.25) is 0 Å². The van der Waals surface area contributed by atoms with E-state index in [2.05, 4.69) is 15.9 Å². The number of benzene rings is 1. The highest BCUT2D eigenvalue weighted by Crippen LogP contribution is 2.38. The Kier molecular flexibility index (Phi) is 5.66. The van der Waals surface area contributed by atoms with E-state index in [1.54, 1.807) is 25.3 Å². The quantitative estimate of drug-likeness (QED) is 0.530. The molecule has 9 heteroatoms. The van der Waals surface area contributed by atoms with Crippen LogP contribution in [0.4, 0.5) is 0 Å². The lowest BCUT2D eigenvalue weighted by Gasteiger charge is -2.14.